The van der Waals surface area contributed by atoms with Gasteiger partial charge in [0.15, 0.2) is 11.6 Å². The van der Waals surface area contributed by atoms with E-state index in [1.807, 2.05) is 0 Å². The van der Waals surface area contributed by atoms with Crippen LogP contribution in [0.5, 0.6) is 11.5 Å². The zero-order valence-electron chi connectivity index (χ0n) is 14.2. The summed E-state index contributed by atoms with van der Waals surface area (Å²) in [5.74, 6) is -0.994. The molecule has 0 saturated carbocycles. The lowest BCUT2D eigenvalue weighted by Crippen LogP contribution is -2.31. The van der Waals surface area contributed by atoms with Crippen molar-refractivity contribution in [3.05, 3.63) is 35.9 Å². The van der Waals surface area contributed by atoms with E-state index >= 15 is 0 Å². The van der Waals surface area contributed by atoms with Gasteiger partial charge in [0.1, 0.15) is 24.2 Å². The van der Waals surface area contributed by atoms with Gasteiger partial charge in [0.05, 0.1) is 11.1 Å². The summed E-state index contributed by atoms with van der Waals surface area (Å²) < 4.78 is 10.9. The SMILES string of the molecule is C=CCNCC(O)COc1ccc2c(c1C(C)=O)C(=O)C(C(C)=O)O2. The summed E-state index contributed by atoms with van der Waals surface area (Å²) in [6.45, 7) is 6.90. The molecule has 0 saturated heterocycles. The number of hydrogen-bond acceptors (Lipinski definition) is 7. The molecule has 2 rings (SSSR count). The molecule has 2 N–H and O–H groups in total. The molecule has 0 spiro atoms. The molecule has 0 amide bonds. The highest BCUT2D eigenvalue weighted by molar-refractivity contribution is 6.21. The van der Waals surface area contributed by atoms with Crippen molar-refractivity contribution in [2.24, 2.45) is 0 Å². The highest BCUT2D eigenvalue weighted by atomic mass is 16.5. The molecule has 0 fully saturated rings. The van der Waals surface area contributed by atoms with Crippen molar-refractivity contribution in [2.75, 3.05) is 19.7 Å². The highest BCUT2D eigenvalue weighted by Crippen LogP contribution is 2.37. The van der Waals surface area contributed by atoms with Gasteiger partial charge in [-0.1, -0.05) is 6.08 Å². The lowest BCUT2D eigenvalue weighted by atomic mass is 9.97. The van der Waals surface area contributed by atoms with Crippen LogP contribution in [0.4, 0.5) is 0 Å². The fraction of sp³-hybridized carbons (Fsp3) is 0.389. The molecule has 2 atom stereocenters. The van der Waals surface area contributed by atoms with E-state index in [2.05, 4.69) is 11.9 Å². The van der Waals surface area contributed by atoms with Crippen LogP contribution < -0.4 is 14.8 Å². The number of aliphatic hydroxyl groups is 1. The highest BCUT2D eigenvalue weighted by Gasteiger charge is 2.39. The maximum Gasteiger partial charge on any atom is 0.219 e. The van der Waals surface area contributed by atoms with Crippen molar-refractivity contribution in [2.45, 2.75) is 26.1 Å². The lowest BCUT2D eigenvalue weighted by molar-refractivity contribution is -0.121. The number of aliphatic hydroxyl groups excluding tert-OH is 1. The predicted molar refractivity (Wildman–Crippen MR) is 90.4 cm³/mol. The van der Waals surface area contributed by atoms with Crippen LogP contribution >= 0.6 is 0 Å². The normalized spacial score (nSPS) is 16.8. The maximum atomic E-state index is 12.4. The average Bonchev–Trinajstić information content (AvgIpc) is 2.90. The number of Topliss-reactive ketones (excluding diaryl/α,β-unsaturated/α-hetero) is 3. The second kappa shape index (κ2) is 8.04. The number of rotatable bonds is 9. The monoisotopic (exact) mass is 347 g/mol. The first kappa shape index (κ1) is 18.8. The first-order valence-electron chi connectivity index (χ1n) is 7.88. The summed E-state index contributed by atoms with van der Waals surface area (Å²) in [5, 5.41) is 12.8. The van der Waals surface area contributed by atoms with E-state index in [-0.39, 0.29) is 35.0 Å². The van der Waals surface area contributed by atoms with Crippen molar-refractivity contribution in [1.29, 1.82) is 0 Å². The molecule has 7 nitrogen and oxygen atoms in total. The molecule has 0 aromatic heterocycles. The van der Waals surface area contributed by atoms with E-state index in [1.54, 1.807) is 6.08 Å². The molecule has 2 unspecified atom stereocenters. The van der Waals surface area contributed by atoms with Crippen LogP contribution in [-0.4, -0.2) is 54.4 Å². The Morgan fingerprint density at radius 2 is 2.16 bits per heavy atom. The van der Waals surface area contributed by atoms with Crippen molar-refractivity contribution in [3.8, 4) is 11.5 Å². The van der Waals surface area contributed by atoms with Gasteiger partial charge in [-0.2, -0.15) is 0 Å². The van der Waals surface area contributed by atoms with Crippen LogP contribution in [-0.2, 0) is 4.79 Å². The molecule has 1 aromatic rings. The number of carbonyl (C=O) groups is 3. The number of benzene rings is 1. The Labute approximate surface area is 145 Å². The summed E-state index contributed by atoms with van der Waals surface area (Å²) in [6.07, 6.45) is -0.360. The molecule has 0 aliphatic carbocycles. The number of carbonyl (C=O) groups excluding carboxylic acids is 3. The Morgan fingerprint density at radius 3 is 2.76 bits per heavy atom. The van der Waals surface area contributed by atoms with Crippen LogP contribution in [0, 0.1) is 0 Å². The zero-order chi connectivity index (χ0) is 18.6. The molecule has 7 heteroatoms. The minimum absolute atomic E-state index is 0.0597. The van der Waals surface area contributed by atoms with Crippen LogP contribution in [0.25, 0.3) is 0 Å². The smallest absolute Gasteiger partial charge is 0.219 e. The van der Waals surface area contributed by atoms with Gasteiger partial charge in [0, 0.05) is 13.1 Å². The minimum atomic E-state index is -1.22. The van der Waals surface area contributed by atoms with Gasteiger partial charge in [0.2, 0.25) is 11.9 Å². The first-order chi connectivity index (χ1) is 11.9. The van der Waals surface area contributed by atoms with Crippen LogP contribution in [0.3, 0.4) is 0 Å². The zero-order valence-corrected chi connectivity index (χ0v) is 14.2. The minimum Gasteiger partial charge on any atom is -0.490 e. The predicted octanol–water partition coefficient (Wildman–Crippen LogP) is 0.937. The van der Waals surface area contributed by atoms with E-state index < -0.39 is 23.8 Å². The summed E-state index contributed by atoms with van der Waals surface area (Å²) in [6, 6.07) is 2.98. The van der Waals surface area contributed by atoms with E-state index in [9.17, 15) is 19.5 Å². The van der Waals surface area contributed by atoms with Crippen molar-refractivity contribution in [3.63, 3.8) is 0 Å². The first-order valence-corrected chi connectivity index (χ1v) is 7.88. The number of hydrogen-bond donors (Lipinski definition) is 2. The summed E-state index contributed by atoms with van der Waals surface area (Å²) in [4.78, 5) is 36.0. The molecule has 134 valence electrons. The Balaban J connectivity index is 2.21. The Hall–Kier alpha value is -2.51. The quantitative estimate of drug-likeness (QED) is 0.297. The maximum absolute atomic E-state index is 12.4. The third kappa shape index (κ3) is 4.12. The van der Waals surface area contributed by atoms with Crippen LogP contribution in [0.2, 0.25) is 0 Å². The van der Waals surface area contributed by atoms with Gasteiger partial charge in [-0.15, -0.1) is 6.58 Å². The van der Waals surface area contributed by atoms with E-state index in [0.29, 0.717) is 13.1 Å². The number of nitrogens with one attached hydrogen (secondary N) is 1. The van der Waals surface area contributed by atoms with Gasteiger partial charge in [0.25, 0.3) is 0 Å². The molecule has 0 radical (unpaired) electrons. The Morgan fingerprint density at radius 1 is 1.44 bits per heavy atom. The van der Waals surface area contributed by atoms with Gasteiger partial charge < -0.3 is 19.9 Å². The second-order valence-corrected chi connectivity index (χ2v) is 5.75. The number of ether oxygens (including phenoxy) is 2. The molecule has 1 aromatic carbocycles. The average molecular weight is 347 g/mol. The Kier molecular flexibility index (Phi) is 6.06. The van der Waals surface area contributed by atoms with Gasteiger partial charge in [-0.3, -0.25) is 14.4 Å². The second-order valence-electron chi connectivity index (χ2n) is 5.75. The third-order valence-electron chi connectivity index (χ3n) is 3.68. The summed E-state index contributed by atoms with van der Waals surface area (Å²) >= 11 is 0. The summed E-state index contributed by atoms with van der Waals surface area (Å²) in [7, 11) is 0. The number of fused-ring (bicyclic) bond motifs is 1. The largest absolute Gasteiger partial charge is 0.490 e. The van der Waals surface area contributed by atoms with Gasteiger partial charge in [-0.05, 0) is 26.0 Å². The lowest BCUT2D eigenvalue weighted by Gasteiger charge is -2.15. The van der Waals surface area contributed by atoms with Crippen molar-refractivity contribution >= 4 is 17.3 Å². The summed E-state index contributed by atoms with van der Waals surface area (Å²) in [5.41, 5.74) is 0.127. The third-order valence-corrected chi connectivity index (χ3v) is 3.68. The molecule has 1 aliphatic rings. The fourth-order valence-corrected chi connectivity index (χ4v) is 2.55. The van der Waals surface area contributed by atoms with Crippen LogP contribution in [0.1, 0.15) is 34.6 Å². The molecular weight excluding hydrogens is 326 g/mol. The molecule has 1 aliphatic heterocycles. The van der Waals surface area contributed by atoms with E-state index in [0.717, 1.165) is 0 Å². The van der Waals surface area contributed by atoms with Gasteiger partial charge in [-0.25, -0.2) is 0 Å². The van der Waals surface area contributed by atoms with Gasteiger partial charge >= 0.3 is 0 Å². The molecule has 1 heterocycles. The van der Waals surface area contributed by atoms with E-state index in [1.165, 1.54) is 26.0 Å². The standard InChI is InChI=1S/C18H21NO6/c1-4-7-19-8-12(22)9-24-13-5-6-14-16(15(13)10(2)20)17(23)18(25-14)11(3)21/h4-6,12,18-19,22H,1,7-9H2,2-3H3. The molecule has 0 bridgehead atoms. The molecular formula is C18H21NO6. The number of ketones is 3. The van der Waals surface area contributed by atoms with Crippen molar-refractivity contribution in [1.82, 2.24) is 5.32 Å². The van der Waals surface area contributed by atoms with E-state index in [4.69, 9.17) is 9.47 Å². The Bertz CT molecular complexity index is 712. The van der Waals surface area contributed by atoms with Crippen LogP contribution in [0.15, 0.2) is 24.8 Å². The topological polar surface area (TPSA) is 102 Å². The molecule has 25 heavy (non-hydrogen) atoms. The fourth-order valence-electron chi connectivity index (χ4n) is 2.55. The van der Waals surface area contributed by atoms with Crippen molar-refractivity contribution < 1.29 is 29.0 Å².